The topological polar surface area (TPSA) is 12.0 Å². The maximum Gasteiger partial charge on any atom is 0.123 e. The van der Waals surface area contributed by atoms with Crippen LogP contribution in [0.2, 0.25) is 0 Å². The van der Waals surface area contributed by atoms with Crippen molar-refractivity contribution in [1.82, 2.24) is 5.32 Å². The fraction of sp³-hybridized carbons (Fsp3) is 0.571. The van der Waals surface area contributed by atoms with Crippen molar-refractivity contribution in [2.75, 3.05) is 6.54 Å². The highest BCUT2D eigenvalue weighted by atomic mass is 19.1. The Morgan fingerprint density at radius 1 is 1.38 bits per heavy atom. The molecule has 2 rings (SSSR count). The lowest BCUT2D eigenvalue weighted by Crippen LogP contribution is -2.34. The van der Waals surface area contributed by atoms with Gasteiger partial charge in [0.2, 0.25) is 0 Å². The van der Waals surface area contributed by atoms with Crippen molar-refractivity contribution in [2.45, 2.75) is 45.1 Å². The van der Waals surface area contributed by atoms with Gasteiger partial charge in [-0.1, -0.05) is 12.5 Å². The van der Waals surface area contributed by atoms with Gasteiger partial charge in [0.05, 0.1) is 0 Å². The molecule has 1 aliphatic rings. The maximum absolute atomic E-state index is 13.1. The van der Waals surface area contributed by atoms with E-state index in [2.05, 4.69) is 12.2 Å². The highest BCUT2D eigenvalue weighted by molar-refractivity contribution is 5.26. The predicted molar refractivity (Wildman–Crippen MR) is 65.1 cm³/mol. The van der Waals surface area contributed by atoms with Gasteiger partial charge in [0.1, 0.15) is 5.82 Å². The molecule has 1 nitrogen and oxygen atoms in total. The Bertz CT molecular complexity index is 343. The Hall–Kier alpha value is -0.890. The molecule has 0 radical (unpaired) electrons. The van der Waals surface area contributed by atoms with Crippen LogP contribution in [0.4, 0.5) is 4.39 Å². The lowest BCUT2D eigenvalue weighted by Gasteiger charge is -2.23. The van der Waals surface area contributed by atoms with Gasteiger partial charge >= 0.3 is 0 Å². The molecule has 1 heterocycles. The smallest absolute Gasteiger partial charge is 0.123 e. The molecule has 88 valence electrons. The van der Waals surface area contributed by atoms with E-state index in [0.717, 1.165) is 24.9 Å². The molecule has 1 aromatic carbocycles. The van der Waals surface area contributed by atoms with Gasteiger partial charge in [-0.05, 0) is 62.4 Å². The van der Waals surface area contributed by atoms with Crippen molar-refractivity contribution < 1.29 is 4.39 Å². The molecule has 1 unspecified atom stereocenters. The summed E-state index contributed by atoms with van der Waals surface area (Å²) in [6, 6.07) is 5.73. The van der Waals surface area contributed by atoms with Gasteiger partial charge in [-0.25, -0.2) is 4.39 Å². The standard InChI is InChI=1S/C14H20FN/c1-11-5-7-13(15)10-12(11)6-8-14-4-2-3-9-16-14/h5,7,10,14,16H,2-4,6,8-9H2,1H3. The van der Waals surface area contributed by atoms with Crippen LogP contribution in [0.3, 0.4) is 0 Å². The molecule has 0 amide bonds. The monoisotopic (exact) mass is 221 g/mol. The van der Waals surface area contributed by atoms with Crippen molar-refractivity contribution in [3.05, 3.63) is 35.1 Å². The van der Waals surface area contributed by atoms with Crippen LogP contribution < -0.4 is 5.32 Å². The normalized spacial score (nSPS) is 21.0. The fourth-order valence-corrected chi connectivity index (χ4v) is 2.41. The lowest BCUT2D eigenvalue weighted by molar-refractivity contribution is 0.382. The highest BCUT2D eigenvalue weighted by Crippen LogP contribution is 2.16. The van der Waals surface area contributed by atoms with Crippen molar-refractivity contribution >= 4 is 0 Å². The van der Waals surface area contributed by atoms with Gasteiger partial charge in [-0.3, -0.25) is 0 Å². The fourth-order valence-electron chi connectivity index (χ4n) is 2.41. The number of piperidine rings is 1. The van der Waals surface area contributed by atoms with Crippen LogP contribution in [-0.2, 0) is 6.42 Å². The molecule has 1 aliphatic heterocycles. The van der Waals surface area contributed by atoms with Gasteiger partial charge in [-0.2, -0.15) is 0 Å². The summed E-state index contributed by atoms with van der Waals surface area (Å²) < 4.78 is 13.1. The van der Waals surface area contributed by atoms with Crippen LogP contribution in [0.1, 0.15) is 36.8 Å². The summed E-state index contributed by atoms with van der Waals surface area (Å²) in [6.45, 7) is 3.20. The molecule has 0 spiro atoms. The summed E-state index contributed by atoms with van der Waals surface area (Å²) >= 11 is 0. The first kappa shape index (κ1) is 11.6. The Balaban J connectivity index is 1.90. The minimum atomic E-state index is -0.114. The number of rotatable bonds is 3. The number of hydrogen-bond donors (Lipinski definition) is 1. The first-order valence-corrected chi connectivity index (χ1v) is 6.24. The number of aryl methyl sites for hydroxylation is 2. The average Bonchev–Trinajstić information content (AvgIpc) is 2.32. The van der Waals surface area contributed by atoms with Gasteiger partial charge in [0.25, 0.3) is 0 Å². The molecule has 0 aromatic heterocycles. The van der Waals surface area contributed by atoms with E-state index in [0.29, 0.717) is 6.04 Å². The zero-order valence-corrected chi connectivity index (χ0v) is 9.93. The Morgan fingerprint density at radius 3 is 3.00 bits per heavy atom. The van der Waals surface area contributed by atoms with Crippen molar-refractivity contribution in [3.63, 3.8) is 0 Å². The van der Waals surface area contributed by atoms with Crippen molar-refractivity contribution in [2.24, 2.45) is 0 Å². The molecule has 16 heavy (non-hydrogen) atoms. The molecular formula is C14H20FN. The first-order chi connectivity index (χ1) is 7.75. The number of halogens is 1. The van der Waals surface area contributed by atoms with Crippen LogP contribution in [0.15, 0.2) is 18.2 Å². The summed E-state index contributed by atoms with van der Waals surface area (Å²) in [4.78, 5) is 0. The SMILES string of the molecule is Cc1ccc(F)cc1CCC1CCCCN1. The zero-order valence-electron chi connectivity index (χ0n) is 9.93. The van der Waals surface area contributed by atoms with E-state index in [9.17, 15) is 4.39 Å². The lowest BCUT2D eigenvalue weighted by atomic mass is 9.96. The molecule has 1 N–H and O–H groups in total. The predicted octanol–water partition coefficient (Wildman–Crippen LogP) is 3.21. The number of hydrogen-bond acceptors (Lipinski definition) is 1. The molecule has 0 aliphatic carbocycles. The van der Waals surface area contributed by atoms with E-state index in [1.165, 1.54) is 30.9 Å². The minimum absolute atomic E-state index is 0.114. The van der Waals surface area contributed by atoms with Crippen molar-refractivity contribution in [3.8, 4) is 0 Å². The third-order valence-electron chi connectivity index (χ3n) is 3.49. The Labute approximate surface area is 97.1 Å². The van der Waals surface area contributed by atoms with Gasteiger partial charge in [-0.15, -0.1) is 0 Å². The molecule has 1 aromatic rings. The second kappa shape index (κ2) is 5.44. The third kappa shape index (κ3) is 3.05. The van der Waals surface area contributed by atoms with E-state index in [-0.39, 0.29) is 5.82 Å². The van der Waals surface area contributed by atoms with E-state index >= 15 is 0 Å². The average molecular weight is 221 g/mol. The van der Waals surface area contributed by atoms with Crippen LogP contribution >= 0.6 is 0 Å². The maximum atomic E-state index is 13.1. The Morgan fingerprint density at radius 2 is 2.25 bits per heavy atom. The number of benzene rings is 1. The van der Waals surface area contributed by atoms with Gasteiger partial charge < -0.3 is 5.32 Å². The third-order valence-corrected chi connectivity index (χ3v) is 3.49. The molecule has 0 saturated carbocycles. The molecule has 1 saturated heterocycles. The largest absolute Gasteiger partial charge is 0.314 e. The molecule has 2 heteroatoms. The molecule has 1 fully saturated rings. The second-order valence-corrected chi connectivity index (χ2v) is 4.76. The van der Waals surface area contributed by atoms with Crippen LogP contribution in [-0.4, -0.2) is 12.6 Å². The van der Waals surface area contributed by atoms with Crippen LogP contribution in [0.25, 0.3) is 0 Å². The van der Waals surface area contributed by atoms with Crippen LogP contribution in [0, 0.1) is 12.7 Å². The Kier molecular flexibility index (Phi) is 3.94. The van der Waals surface area contributed by atoms with E-state index in [1.54, 1.807) is 6.07 Å². The first-order valence-electron chi connectivity index (χ1n) is 6.24. The van der Waals surface area contributed by atoms with Gasteiger partial charge in [0, 0.05) is 6.04 Å². The van der Waals surface area contributed by atoms with E-state index in [4.69, 9.17) is 0 Å². The van der Waals surface area contributed by atoms with E-state index < -0.39 is 0 Å². The van der Waals surface area contributed by atoms with E-state index in [1.807, 2.05) is 6.07 Å². The summed E-state index contributed by atoms with van der Waals surface area (Å²) in [6.07, 6.45) is 6.02. The highest BCUT2D eigenvalue weighted by Gasteiger charge is 2.12. The summed E-state index contributed by atoms with van der Waals surface area (Å²) in [7, 11) is 0. The minimum Gasteiger partial charge on any atom is -0.314 e. The molecule has 0 bridgehead atoms. The quantitative estimate of drug-likeness (QED) is 0.826. The number of nitrogens with one attached hydrogen (secondary N) is 1. The zero-order chi connectivity index (χ0) is 11.4. The second-order valence-electron chi connectivity index (χ2n) is 4.76. The molecular weight excluding hydrogens is 201 g/mol. The van der Waals surface area contributed by atoms with Crippen LogP contribution in [0.5, 0.6) is 0 Å². The summed E-state index contributed by atoms with van der Waals surface area (Å²) in [5, 5.41) is 3.53. The summed E-state index contributed by atoms with van der Waals surface area (Å²) in [5.74, 6) is -0.114. The molecule has 1 atom stereocenters. The van der Waals surface area contributed by atoms with Gasteiger partial charge in [0.15, 0.2) is 0 Å². The summed E-state index contributed by atoms with van der Waals surface area (Å²) in [5.41, 5.74) is 2.37. The van der Waals surface area contributed by atoms with Crippen molar-refractivity contribution in [1.29, 1.82) is 0 Å².